The predicted molar refractivity (Wildman–Crippen MR) is 106 cm³/mol. The second kappa shape index (κ2) is 8.93. The van der Waals surface area contributed by atoms with Gasteiger partial charge in [-0.15, -0.1) is 0 Å². The number of benzene rings is 1. The van der Waals surface area contributed by atoms with Crippen molar-refractivity contribution in [1.29, 1.82) is 0 Å². The first-order valence-corrected chi connectivity index (χ1v) is 9.13. The number of nitrogens with one attached hydrogen (secondary N) is 2. The van der Waals surface area contributed by atoms with Gasteiger partial charge in [-0.2, -0.15) is 0 Å². The van der Waals surface area contributed by atoms with Gasteiger partial charge in [0, 0.05) is 5.69 Å². The van der Waals surface area contributed by atoms with Crippen molar-refractivity contribution in [2.45, 2.75) is 34.6 Å². The molecule has 1 aromatic heterocycles. The van der Waals surface area contributed by atoms with Crippen LogP contribution in [0.25, 0.3) is 0 Å². The first-order valence-electron chi connectivity index (χ1n) is 8.75. The van der Waals surface area contributed by atoms with Crippen LogP contribution in [0.1, 0.15) is 50.2 Å². The van der Waals surface area contributed by atoms with Crippen LogP contribution in [0.2, 0.25) is 5.02 Å². The number of esters is 2. The van der Waals surface area contributed by atoms with E-state index in [0.29, 0.717) is 27.5 Å². The van der Waals surface area contributed by atoms with Crippen LogP contribution in [0.4, 0.5) is 5.69 Å². The molecular weight excluding hydrogens is 384 g/mol. The lowest BCUT2D eigenvalue weighted by Crippen LogP contribution is -2.22. The van der Waals surface area contributed by atoms with E-state index in [9.17, 15) is 14.4 Å². The van der Waals surface area contributed by atoms with Crippen molar-refractivity contribution < 1.29 is 23.9 Å². The van der Waals surface area contributed by atoms with Crippen LogP contribution in [-0.2, 0) is 14.3 Å². The molecule has 2 aromatic rings. The van der Waals surface area contributed by atoms with Crippen molar-refractivity contribution in [3.63, 3.8) is 0 Å². The Bertz CT molecular complexity index is 910. The fourth-order valence-corrected chi connectivity index (χ4v) is 3.28. The molecule has 2 N–H and O–H groups in total. The van der Waals surface area contributed by atoms with Gasteiger partial charge >= 0.3 is 11.9 Å². The van der Waals surface area contributed by atoms with Gasteiger partial charge in [0.1, 0.15) is 5.69 Å². The summed E-state index contributed by atoms with van der Waals surface area (Å²) in [6.07, 6.45) is 0. The number of rotatable bonds is 6. The summed E-state index contributed by atoms with van der Waals surface area (Å²) >= 11 is 6.16. The summed E-state index contributed by atoms with van der Waals surface area (Å²) in [5.41, 5.74) is 3.57. The minimum Gasteiger partial charge on any atom is -0.462 e. The van der Waals surface area contributed by atoms with Crippen LogP contribution < -0.4 is 5.32 Å². The Hall–Kier alpha value is -2.80. The van der Waals surface area contributed by atoms with Crippen molar-refractivity contribution in [1.82, 2.24) is 4.98 Å². The molecule has 150 valence electrons. The molecule has 7 nitrogen and oxygen atoms in total. The first kappa shape index (κ1) is 21.5. The maximum absolute atomic E-state index is 12.3. The van der Waals surface area contributed by atoms with Crippen molar-refractivity contribution in [2.24, 2.45) is 0 Å². The molecule has 0 radical (unpaired) electrons. The van der Waals surface area contributed by atoms with Crippen LogP contribution in [0.15, 0.2) is 12.1 Å². The Morgan fingerprint density at radius 1 is 1.07 bits per heavy atom. The number of aromatic nitrogens is 1. The Morgan fingerprint density at radius 3 is 2.36 bits per heavy atom. The topological polar surface area (TPSA) is 97.5 Å². The average Bonchev–Trinajstić information content (AvgIpc) is 2.90. The van der Waals surface area contributed by atoms with Gasteiger partial charge in [0.25, 0.3) is 5.91 Å². The van der Waals surface area contributed by atoms with E-state index in [1.165, 1.54) is 0 Å². The Labute approximate surface area is 168 Å². The predicted octanol–water partition coefficient (Wildman–Crippen LogP) is 3.87. The van der Waals surface area contributed by atoms with E-state index in [2.05, 4.69) is 10.3 Å². The standard InChI is InChI=1S/C20H23ClN2O5/c1-6-27-19(25)16-12(4)18(22-13(16)5)20(26)28-9-15(24)23-17-11(3)7-10(2)8-14(17)21/h7-8,22H,6,9H2,1-5H3,(H,23,24). The lowest BCUT2D eigenvalue weighted by Gasteiger charge is -2.11. The summed E-state index contributed by atoms with van der Waals surface area (Å²) in [4.78, 5) is 39.3. The monoisotopic (exact) mass is 406 g/mol. The van der Waals surface area contributed by atoms with E-state index in [4.69, 9.17) is 21.1 Å². The summed E-state index contributed by atoms with van der Waals surface area (Å²) in [6.45, 7) is 8.43. The Balaban J connectivity index is 2.06. The number of hydrogen-bond acceptors (Lipinski definition) is 5. The normalized spacial score (nSPS) is 10.5. The Morgan fingerprint density at radius 2 is 1.75 bits per heavy atom. The molecule has 1 aromatic carbocycles. The zero-order chi connectivity index (χ0) is 21.0. The minimum absolute atomic E-state index is 0.109. The second-order valence-corrected chi connectivity index (χ2v) is 6.82. The van der Waals surface area contributed by atoms with E-state index in [1.54, 1.807) is 26.8 Å². The average molecular weight is 407 g/mol. The van der Waals surface area contributed by atoms with E-state index in [-0.39, 0.29) is 12.3 Å². The Kier molecular flexibility index (Phi) is 6.85. The molecule has 0 aliphatic heterocycles. The molecule has 0 fully saturated rings. The highest BCUT2D eigenvalue weighted by molar-refractivity contribution is 6.34. The number of halogens is 1. The fourth-order valence-electron chi connectivity index (χ4n) is 2.92. The number of hydrogen-bond donors (Lipinski definition) is 2. The molecule has 0 aliphatic carbocycles. The van der Waals surface area contributed by atoms with Gasteiger partial charge in [0.05, 0.1) is 22.9 Å². The number of carbonyl (C=O) groups excluding carboxylic acids is 3. The summed E-state index contributed by atoms with van der Waals surface area (Å²) in [5, 5.41) is 3.06. The maximum atomic E-state index is 12.3. The third kappa shape index (κ3) is 4.72. The van der Waals surface area contributed by atoms with Gasteiger partial charge in [-0.1, -0.05) is 17.7 Å². The fraction of sp³-hybridized carbons (Fsp3) is 0.350. The van der Waals surface area contributed by atoms with Crippen LogP contribution in [0, 0.1) is 27.7 Å². The number of H-pyrrole nitrogens is 1. The molecule has 0 saturated heterocycles. The molecule has 28 heavy (non-hydrogen) atoms. The third-order valence-electron chi connectivity index (χ3n) is 4.15. The lowest BCUT2D eigenvalue weighted by molar-refractivity contribution is -0.119. The molecular formula is C20H23ClN2O5. The van der Waals surface area contributed by atoms with E-state index >= 15 is 0 Å². The highest BCUT2D eigenvalue weighted by atomic mass is 35.5. The molecule has 0 bridgehead atoms. The molecule has 0 saturated carbocycles. The quantitative estimate of drug-likeness (QED) is 0.709. The van der Waals surface area contributed by atoms with Crippen molar-refractivity contribution in [3.8, 4) is 0 Å². The molecule has 0 unspecified atom stereocenters. The minimum atomic E-state index is -0.738. The van der Waals surface area contributed by atoms with E-state index < -0.39 is 24.5 Å². The lowest BCUT2D eigenvalue weighted by atomic mass is 10.1. The van der Waals surface area contributed by atoms with Crippen molar-refractivity contribution in [2.75, 3.05) is 18.5 Å². The van der Waals surface area contributed by atoms with Gasteiger partial charge in [0.15, 0.2) is 6.61 Å². The van der Waals surface area contributed by atoms with Crippen LogP contribution in [0.3, 0.4) is 0 Å². The number of amides is 1. The zero-order valence-electron chi connectivity index (χ0n) is 16.5. The number of aromatic amines is 1. The molecule has 1 amide bonds. The first-order chi connectivity index (χ1) is 13.1. The highest BCUT2D eigenvalue weighted by Gasteiger charge is 2.24. The largest absolute Gasteiger partial charge is 0.462 e. The third-order valence-corrected chi connectivity index (χ3v) is 4.45. The van der Waals surface area contributed by atoms with Crippen molar-refractivity contribution in [3.05, 3.63) is 50.8 Å². The summed E-state index contributed by atoms with van der Waals surface area (Å²) < 4.78 is 10.1. The number of carbonyl (C=O) groups is 3. The highest BCUT2D eigenvalue weighted by Crippen LogP contribution is 2.27. The molecule has 1 heterocycles. The maximum Gasteiger partial charge on any atom is 0.355 e. The number of anilines is 1. The smallest absolute Gasteiger partial charge is 0.355 e. The van der Waals surface area contributed by atoms with Crippen molar-refractivity contribution >= 4 is 35.1 Å². The molecule has 0 aliphatic rings. The van der Waals surface area contributed by atoms with Gasteiger partial charge in [0.2, 0.25) is 0 Å². The van der Waals surface area contributed by atoms with E-state index in [1.807, 2.05) is 19.9 Å². The molecule has 8 heteroatoms. The molecule has 2 rings (SSSR count). The van der Waals surface area contributed by atoms with Gasteiger partial charge in [-0.25, -0.2) is 9.59 Å². The second-order valence-electron chi connectivity index (χ2n) is 6.41. The summed E-state index contributed by atoms with van der Waals surface area (Å²) in [6, 6.07) is 3.62. The summed E-state index contributed by atoms with van der Waals surface area (Å²) in [7, 11) is 0. The number of aryl methyl sites for hydroxylation is 3. The van der Waals surface area contributed by atoms with Crippen LogP contribution in [-0.4, -0.2) is 36.0 Å². The molecule has 0 atom stereocenters. The van der Waals surface area contributed by atoms with Crippen LogP contribution >= 0.6 is 11.6 Å². The zero-order valence-corrected chi connectivity index (χ0v) is 17.2. The number of ether oxygens (including phenoxy) is 2. The SMILES string of the molecule is CCOC(=O)c1c(C)[nH]c(C(=O)OCC(=O)Nc2c(C)cc(C)cc2Cl)c1C. The van der Waals surface area contributed by atoms with Gasteiger partial charge in [-0.05, 0) is 57.4 Å². The van der Waals surface area contributed by atoms with Gasteiger partial charge < -0.3 is 19.8 Å². The van der Waals surface area contributed by atoms with E-state index in [0.717, 1.165) is 11.1 Å². The van der Waals surface area contributed by atoms with Gasteiger partial charge in [-0.3, -0.25) is 4.79 Å². The molecule has 0 spiro atoms. The summed E-state index contributed by atoms with van der Waals surface area (Å²) in [5.74, 6) is -1.78. The van der Waals surface area contributed by atoms with Crippen LogP contribution in [0.5, 0.6) is 0 Å².